The van der Waals surface area contributed by atoms with E-state index in [1.807, 2.05) is 18.7 Å². The number of rotatable bonds is 1. The van der Waals surface area contributed by atoms with Crippen LogP contribution < -0.4 is 4.90 Å². The van der Waals surface area contributed by atoms with Crippen molar-refractivity contribution in [1.29, 1.82) is 5.26 Å². The van der Waals surface area contributed by atoms with Gasteiger partial charge in [0.25, 0.3) is 0 Å². The molecule has 0 unspecified atom stereocenters. The van der Waals surface area contributed by atoms with Gasteiger partial charge in [-0.25, -0.2) is 4.79 Å². The number of hydrogen-bond acceptors (Lipinski definition) is 4. The van der Waals surface area contributed by atoms with Crippen molar-refractivity contribution in [3.63, 3.8) is 0 Å². The Morgan fingerprint density at radius 2 is 1.81 bits per heavy atom. The fourth-order valence-electron chi connectivity index (χ4n) is 3.10. The summed E-state index contributed by atoms with van der Waals surface area (Å²) in [7, 11) is 0. The van der Waals surface area contributed by atoms with E-state index in [-0.39, 0.29) is 12.1 Å². The summed E-state index contributed by atoms with van der Waals surface area (Å²) in [4.78, 5) is 15.8. The molecule has 0 radical (unpaired) electrons. The second-order valence-electron chi connectivity index (χ2n) is 7.82. The third-order valence-corrected chi connectivity index (χ3v) is 4.37. The SMILES string of the molecule is C[C@@H]1CN(c2ccc(C#N)c(C(F)(F)F)c2)[C@@H](C)CN1C(=O)OC(C)(C)C. The van der Waals surface area contributed by atoms with Crippen LogP contribution in [0.4, 0.5) is 23.7 Å². The Labute approximate surface area is 157 Å². The predicted molar refractivity (Wildman–Crippen MR) is 95.4 cm³/mol. The van der Waals surface area contributed by atoms with E-state index in [0.29, 0.717) is 18.8 Å². The van der Waals surface area contributed by atoms with Crippen LogP contribution >= 0.6 is 0 Å². The average Bonchev–Trinajstić information content (AvgIpc) is 2.53. The molecule has 0 N–H and O–H groups in total. The molecule has 0 spiro atoms. The molecule has 0 bridgehead atoms. The van der Waals surface area contributed by atoms with E-state index in [1.54, 1.807) is 31.7 Å². The van der Waals surface area contributed by atoms with Gasteiger partial charge in [0.1, 0.15) is 5.60 Å². The molecule has 0 saturated carbocycles. The molecule has 1 amide bonds. The number of carbonyl (C=O) groups is 1. The van der Waals surface area contributed by atoms with Crippen LogP contribution in [0.25, 0.3) is 0 Å². The summed E-state index contributed by atoms with van der Waals surface area (Å²) >= 11 is 0. The minimum Gasteiger partial charge on any atom is -0.444 e. The lowest BCUT2D eigenvalue weighted by Crippen LogP contribution is -2.59. The van der Waals surface area contributed by atoms with E-state index in [9.17, 15) is 18.0 Å². The van der Waals surface area contributed by atoms with Gasteiger partial charge in [-0.15, -0.1) is 0 Å². The molecule has 1 aromatic carbocycles. The molecule has 2 atom stereocenters. The van der Waals surface area contributed by atoms with Gasteiger partial charge in [-0.2, -0.15) is 18.4 Å². The first-order valence-electron chi connectivity index (χ1n) is 8.71. The molecule has 0 aromatic heterocycles. The van der Waals surface area contributed by atoms with E-state index in [2.05, 4.69) is 0 Å². The van der Waals surface area contributed by atoms with Crippen molar-refractivity contribution >= 4 is 11.8 Å². The summed E-state index contributed by atoms with van der Waals surface area (Å²) < 4.78 is 45.1. The van der Waals surface area contributed by atoms with Crippen molar-refractivity contribution in [2.45, 2.75) is 58.5 Å². The lowest BCUT2D eigenvalue weighted by Gasteiger charge is -2.45. The van der Waals surface area contributed by atoms with Crippen molar-refractivity contribution in [2.24, 2.45) is 0 Å². The monoisotopic (exact) mass is 383 g/mol. The highest BCUT2D eigenvalue weighted by atomic mass is 19.4. The lowest BCUT2D eigenvalue weighted by atomic mass is 10.0. The molecule has 1 heterocycles. The van der Waals surface area contributed by atoms with E-state index >= 15 is 0 Å². The summed E-state index contributed by atoms with van der Waals surface area (Å²) in [5.41, 5.74) is -1.59. The van der Waals surface area contributed by atoms with Gasteiger partial charge >= 0.3 is 12.3 Å². The number of ether oxygens (including phenoxy) is 1. The maximum absolute atomic E-state index is 13.2. The molecule has 2 rings (SSSR count). The molecule has 1 aliphatic rings. The molecule has 1 saturated heterocycles. The number of anilines is 1. The molecule has 1 aliphatic heterocycles. The number of piperazine rings is 1. The Morgan fingerprint density at radius 1 is 1.19 bits per heavy atom. The number of alkyl halides is 3. The van der Waals surface area contributed by atoms with Crippen molar-refractivity contribution in [3.05, 3.63) is 29.3 Å². The summed E-state index contributed by atoms with van der Waals surface area (Å²) in [6.45, 7) is 9.72. The number of amides is 1. The second kappa shape index (κ2) is 7.29. The highest BCUT2D eigenvalue weighted by Gasteiger charge is 2.37. The first-order chi connectivity index (χ1) is 12.3. The molecular formula is C19H24F3N3O2. The van der Waals surface area contributed by atoms with E-state index in [1.165, 1.54) is 12.1 Å². The van der Waals surface area contributed by atoms with Gasteiger partial charge in [0.05, 0.1) is 17.2 Å². The van der Waals surface area contributed by atoms with E-state index in [0.717, 1.165) is 6.07 Å². The molecule has 1 aromatic rings. The van der Waals surface area contributed by atoms with Crippen LogP contribution in [-0.2, 0) is 10.9 Å². The molecule has 148 valence electrons. The minimum atomic E-state index is -4.60. The summed E-state index contributed by atoms with van der Waals surface area (Å²) in [5.74, 6) is 0. The van der Waals surface area contributed by atoms with Crippen LogP contribution in [0.3, 0.4) is 0 Å². The van der Waals surface area contributed by atoms with Crippen LogP contribution in [0, 0.1) is 11.3 Å². The maximum Gasteiger partial charge on any atom is 0.417 e. The molecular weight excluding hydrogens is 359 g/mol. The number of hydrogen-bond donors (Lipinski definition) is 0. The normalized spacial score (nSPS) is 21.0. The summed E-state index contributed by atoms with van der Waals surface area (Å²) in [6, 6.07) is 4.86. The van der Waals surface area contributed by atoms with Crippen LogP contribution in [0.15, 0.2) is 18.2 Å². The van der Waals surface area contributed by atoms with Gasteiger partial charge in [-0.05, 0) is 52.8 Å². The van der Waals surface area contributed by atoms with Crippen molar-refractivity contribution in [1.82, 2.24) is 4.90 Å². The highest BCUT2D eigenvalue weighted by Crippen LogP contribution is 2.35. The van der Waals surface area contributed by atoms with Gasteiger partial charge in [0, 0.05) is 30.9 Å². The fraction of sp³-hybridized carbons (Fsp3) is 0.579. The van der Waals surface area contributed by atoms with Crippen molar-refractivity contribution in [2.75, 3.05) is 18.0 Å². The van der Waals surface area contributed by atoms with Crippen molar-refractivity contribution in [3.8, 4) is 6.07 Å². The fourth-order valence-corrected chi connectivity index (χ4v) is 3.10. The van der Waals surface area contributed by atoms with Crippen LogP contribution in [0.5, 0.6) is 0 Å². The first kappa shape index (κ1) is 20.9. The molecule has 27 heavy (non-hydrogen) atoms. The Bertz CT molecular complexity index is 750. The van der Waals surface area contributed by atoms with Crippen LogP contribution in [-0.4, -0.2) is 41.8 Å². The Balaban J connectivity index is 2.25. The zero-order chi connectivity index (χ0) is 20.6. The van der Waals surface area contributed by atoms with Crippen LogP contribution in [0.2, 0.25) is 0 Å². The largest absolute Gasteiger partial charge is 0.444 e. The standard InChI is InChI=1S/C19H24F3N3O2/c1-12-11-25(17(26)27-18(3,4)5)13(2)10-24(12)15-7-6-14(9-23)16(8-15)19(20,21)22/h6-8,12-13H,10-11H2,1-5H3/t12-,13+/m0/s1. The van der Waals surface area contributed by atoms with E-state index < -0.39 is 29.0 Å². The smallest absolute Gasteiger partial charge is 0.417 e. The third-order valence-electron chi connectivity index (χ3n) is 4.37. The maximum atomic E-state index is 13.2. The number of nitriles is 1. The van der Waals surface area contributed by atoms with Crippen LogP contribution in [0.1, 0.15) is 45.7 Å². The number of benzene rings is 1. The second-order valence-corrected chi connectivity index (χ2v) is 7.82. The molecule has 8 heteroatoms. The zero-order valence-corrected chi connectivity index (χ0v) is 16.1. The zero-order valence-electron chi connectivity index (χ0n) is 16.1. The Morgan fingerprint density at radius 3 is 2.33 bits per heavy atom. The third kappa shape index (κ3) is 4.85. The number of nitrogens with zero attached hydrogens (tertiary/aromatic N) is 3. The summed E-state index contributed by atoms with van der Waals surface area (Å²) in [6.07, 6.45) is -5.04. The topological polar surface area (TPSA) is 56.6 Å². The van der Waals surface area contributed by atoms with Crippen molar-refractivity contribution < 1.29 is 22.7 Å². The average molecular weight is 383 g/mol. The highest BCUT2D eigenvalue weighted by molar-refractivity contribution is 5.69. The first-order valence-corrected chi connectivity index (χ1v) is 8.71. The Kier molecular flexibility index (Phi) is 5.64. The molecule has 5 nitrogen and oxygen atoms in total. The number of halogens is 3. The Hall–Kier alpha value is -2.43. The quantitative estimate of drug-likeness (QED) is 0.721. The van der Waals surface area contributed by atoms with Gasteiger partial charge in [-0.1, -0.05) is 0 Å². The predicted octanol–water partition coefficient (Wildman–Crippen LogP) is 4.41. The molecule has 0 aliphatic carbocycles. The van der Waals surface area contributed by atoms with E-state index in [4.69, 9.17) is 10.00 Å². The minimum absolute atomic E-state index is 0.206. The van der Waals surface area contributed by atoms with Gasteiger partial charge < -0.3 is 14.5 Å². The number of carbonyl (C=O) groups excluding carboxylic acids is 1. The van der Waals surface area contributed by atoms with Gasteiger partial charge in [0.15, 0.2) is 0 Å². The summed E-state index contributed by atoms with van der Waals surface area (Å²) in [5, 5.41) is 8.94. The van der Waals surface area contributed by atoms with Gasteiger partial charge in [-0.3, -0.25) is 0 Å². The van der Waals surface area contributed by atoms with Gasteiger partial charge in [0.2, 0.25) is 0 Å². The lowest BCUT2D eigenvalue weighted by molar-refractivity contribution is -0.137. The molecule has 1 fully saturated rings.